The number of hydrogen-bond donors (Lipinski definition) is 2. The van der Waals surface area contributed by atoms with E-state index in [1.165, 1.54) is 6.07 Å². The zero-order chi connectivity index (χ0) is 15.7. The molecule has 0 saturated heterocycles. The number of aromatic nitrogens is 1. The molecule has 2 atom stereocenters. The van der Waals surface area contributed by atoms with Crippen LogP contribution in [0.2, 0.25) is 0 Å². The predicted octanol–water partition coefficient (Wildman–Crippen LogP) is 1.44. The molecule has 2 rings (SSSR count). The number of carbonyl (C=O) groups is 1. The molecule has 0 amide bonds. The Kier molecular flexibility index (Phi) is 4.38. The minimum atomic E-state index is -3.81. The Hall–Kier alpha value is -1.41. The van der Waals surface area contributed by atoms with E-state index in [4.69, 9.17) is 4.52 Å². The van der Waals surface area contributed by atoms with Gasteiger partial charge in [0.05, 0.1) is 0 Å². The van der Waals surface area contributed by atoms with Gasteiger partial charge in [0.2, 0.25) is 10.0 Å². The molecule has 118 valence electrons. The van der Waals surface area contributed by atoms with Gasteiger partial charge in [-0.05, 0) is 25.7 Å². The van der Waals surface area contributed by atoms with E-state index >= 15 is 0 Å². The van der Waals surface area contributed by atoms with Crippen molar-refractivity contribution in [1.29, 1.82) is 0 Å². The normalized spacial score (nSPS) is 26.7. The van der Waals surface area contributed by atoms with Crippen molar-refractivity contribution in [2.75, 3.05) is 0 Å². The van der Waals surface area contributed by atoms with Crippen LogP contribution >= 0.6 is 0 Å². The van der Waals surface area contributed by atoms with E-state index in [9.17, 15) is 18.3 Å². The first-order valence-corrected chi connectivity index (χ1v) is 8.58. The largest absolute Gasteiger partial charge is 0.480 e. The Morgan fingerprint density at radius 1 is 1.57 bits per heavy atom. The summed E-state index contributed by atoms with van der Waals surface area (Å²) in [6.45, 7) is 3.44. The Morgan fingerprint density at radius 3 is 2.81 bits per heavy atom. The minimum absolute atomic E-state index is 0.252. The van der Waals surface area contributed by atoms with Crippen LogP contribution in [0, 0.1) is 12.8 Å². The van der Waals surface area contributed by atoms with Crippen LogP contribution in [0.3, 0.4) is 0 Å². The zero-order valence-corrected chi connectivity index (χ0v) is 12.9. The molecule has 21 heavy (non-hydrogen) atoms. The van der Waals surface area contributed by atoms with Crippen LogP contribution in [0.4, 0.5) is 0 Å². The van der Waals surface area contributed by atoms with Crippen molar-refractivity contribution in [3.8, 4) is 0 Å². The van der Waals surface area contributed by atoms with Gasteiger partial charge in [-0.3, -0.25) is 4.79 Å². The zero-order valence-electron chi connectivity index (χ0n) is 12.1. The molecule has 1 aliphatic rings. The summed E-state index contributed by atoms with van der Waals surface area (Å²) in [6.07, 6.45) is 2.61. The van der Waals surface area contributed by atoms with Gasteiger partial charge < -0.3 is 9.63 Å². The van der Waals surface area contributed by atoms with Gasteiger partial charge in [0, 0.05) is 6.07 Å². The van der Waals surface area contributed by atoms with Crippen LogP contribution in [0.25, 0.3) is 0 Å². The third-order valence-corrected chi connectivity index (χ3v) is 5.38. The number of carboxylic acids is 1. The molecule has 1 heterocycles. The van der Waals surface area contributed by atoms with E-state index in [-0.39, 0.29) is 17.4 Å². The topological polar surface area (TPSA) is 110 Å². The van der Waals surface area contributed by atoms with Gasteiger partial charge in [-0.2, -0.15) is 4.72 Å². The molecule has 0 bridgehead atoms. The third kappa shape index (κ3) is 3.44. The highest BCUT2D eigenvalue weighted by Crippen LogP contribution is 2.34. The van der Waals surface area contributed by atoms with E-state index in [0.29, 0.717) is 25.0 Å². The minimum Gasteiger partial charge on any atom is -0.480 e. The molecule has 0 spiro atoms. The standard InChI is InChI=1S/C13H20N2O5S/c1-9-5-3-4-6-13(9,12(16)17)15-21(18,19)8-11-7-10(2)20-14-11/h7,9,15H,3-6,8H2,1-2H3,(H,16,17). The summed E-state index contributed by atoms with van der Waals surface area (Å²) in [7, 11) is -3.81. The number of hydrogen-bond acceptors (Lipinski definition) is 5. The fourth-order valence-corrected chi connectivity index (χ4v) is 4.40. The van der Waals surface area contributed by atoms with Crippen molar-refractivity contribution < 1.29 is 22.8 Å². The molecule has 1 fully saturated rings. The summed E-state index contributed by atoms with van der Waals surface area (Å²) in [5.41, 5.74) is -1.15. The smallest absolute Gasteiger partial charge is 0.325 e. The van der Waals surface area contributed by atoms with E-state index in [1.54, 1.807) is 13.8 Å². The lowest BCUT2D eigenvalue weighted by Crippen LogP contribution is -2.60. The highest BCUT2D eigenvalue weighted by molar-refractivity contribution is 7.88. The molecule has 0 aliphatic heterocycles. The molecule has 0 radical (unpaired) electrons. The highest BCUT2D eigenvalue weighted by Gasteiger charge is 2.47. The Balaban J connectivity index is 2.21. The first kappa shape index (κ1) is 16.0. The number of aliphatic carboxylic acids is 1. The van der Waals surface area contributed by atoms with Crippen molar-refractivity contribution >= 4 is 16.0 Å². The molecule has 2 unspecified atom stereocenters. The number of rotatable bonds is 5. The third-order valence-electron chi connectivity index (χ3n) is 4.03. The second-order valence-electron chi connectivity index (χ2n) is 5.71. The van der Waals surface area contributed by atoms with E-state index in [2.05, 4.69) is 9.88 Å². The molecule has 8 heteroatoms. The van der Waals surface area contributed by atoms with Crippen molar-refractivity contribution in [1.82, 2.24) is 9.88 Å². The molecule has 2 N–H and O–H groups in total. The van der Waals surface area contributed by atoms with Crippen LogP contribution in [0.1, 0.15) is 44.1 Å². The fraction of sp³-hybridized carbons (Fsp3) is 0.692. The molecule has 1 aromatic rings. The SMILES string of the molecule is Cc1cc(CS(=O)(=O)NC2(C(=O)O)CCCCC2C)no1. The number of nitrogens with zero attached hydrogens (tertiary/aromatic N) is 1. The van der Waals surface area contributed by atoms with Crippen molar-refractivity contribution in [2.24, 2.45) is 5.92 Å². The summed E-state index contributed by atoms with van der Waals surface area (Å²) < 4.78 is 31.8. The second-order valence-corrected chi connectivity index (χ2v) is 7.44. The number of sulfonamides is 1. The van der Waals surface area contributed by atoms with E-state index in [0.717, 1.165) is 6.42 Å². The van der Waals surface area contributed by atoms with Crippen molar-refractivity contribution in [3.05, 3.63) is 17.5 Å². The molecule has 1 aliphatic carbocycles. The quantitative estimate of drug-likeness (QED) is 0.850. The first-order chi connectivity index (χ1) is 9.75. The Bertz CT molecular complexity index is 624. The predicted molar refractivity (Wildman–Crippen MR) is 75.0 cm³/mol. The summed E-state index contributed by atoms with van der Waals surface area (Å²) in [6, 6.07) is 1.52. The lowest BCUT2D eigenvalue weighted by molar-refractivity contribution is -0.147. The molecular formula is C13H20N2O5S. The summed E-state index contributed by atoms with van der Waals surface area (Å²) in [4.78, 5) is 11.7. The highest BCUT2D eigenvalue weighted by atomic mass is 32.2. The average Bonchev–Trinajstić information content (AvgIpc) is 2.76. The van der Waals surface area contributed by atoms with Crippen LogP contribution in [0.15, 0.2) is 10.6 Å². The van der Waals surface area contributed by atoms with Gasteiger partial charge in [0.25, 0.3) is 0 Å². The van der Waals surface area contributed by atoms with Gasteiger partial charge in [-0.15, -0.1) is 0 Å². The molecule has 7 nitrogen and oxygen atoms in total. The molecule has 0 aromatic carbocycles. The monoisotopic (exact) mass is 316 g/mol. The Labute approximate surface area is 123 Å². The maximum absolute atomic E-state index is 12.3. The van der Waals surface area contributed by atoms with Gasteiger partial charge in [0.1, 0.15) is 22.7 Å². The molecular weight excluding hydrogens is 296 g/mol. The number of aryl methyl sites for hydroxylation is 1. The van der Waals surface area contributed by atoms with Crippen molar-refractivity contribution in [3.63, 3.8) is 0 Å². The lowest BCUT2D eigenvalue weighted by atomic mass is 9.74. The first-order valence-electron chi connectivity index (χ1n) is 6.92. The summed E-state index contributed by atoms with van der Waals surface area (Å²) >= 11 is 0. The summed E-state index contributed by atoms with van der Waals surface area (Å²) in [5.74, 6) is -1.24. The number of carboxylic acid groups (broad SMARTS) is 1. The fourth-order valence-electron chi connectivity index (χ4n) is 2.85. The maximum atomic E-state index is 12.3. The van der Waals surface area contributed by atoms with Crippen molar-refractivity contribution in [2.45, 2.75) is 50.8 Å². The number of nitrogens with one attached hydrogen (secondary N) is 1. The van der Waals surface area contributed by atoms with E-state index in [1.807, 2.05) is 0 Å². The molecule has 1 aromatic heterocycles. The van der Waals surface area contributed by atoms with Gasteiger partial charge in [-0.25, -0.2) is 8.42 Å². The Morgan fingerprint density at radius 2 is 2.29 bits per heavy atom. The van der Waals surface area contributed by atoms with Crippen LogP contribution < -0.4 is 4.72 Å². The van der Waals surface area contributed by atoms with Crippen LogP contribution in [0.5, 0.6) is 0 Å². The summed E-state index contributed by atoms with van der Waals surface area (Å²) in [5, 5.41) is 13.2. The van der Waals surface area contributed by atoms with Gasteiger partial charge in [-0.1, -0.05) is 24.9 Å². The van der Waals surface area contributed by atoms with E-state index < -0.39 is 21.5 Å². The second kappa shape index (κ2) is 5.76. The van der Waals surface area contributed by atoms with Gasteiger partial charge in [0.15, 0.2) is 0 Å². The average molecular weight is 316 g/mol. The van der Waals surface area contributed by atoms with Gasteiger partial charge >= 0.3 is 5.97 Å². The van der Waals surface area contributed by atoms with Crippen LogP contribution in [-0.4, -0.2) is 30.2 Å². The maximum Gasteiger partial charge on any atom is 0.325 e. The molecule has 1 saturated carbocycles. The lowest BCUT2D eigenvalue weighted by Gasteiger charge is -2.39. The van der Waals surface area contributed by atoms with Crippen LogP contribution in [-0.2, 0) is 20.6 Å².